The summed E-state index contributed by atoms with van der Waals surface area (Å²) in [6.45, 7) is 5.23. The van der Waals surface area contributed by atoms with Crippen molar-refractivity contribution >= 4 is 0 Å². The van der Waals surface area contributed by atoms with Crippen molar-refractivity contribution in [3.8, 4) is 5.75 Å². The first-order valence-corrected chi connectivity index (χ1v) is 6.81. The molecular formula is C16H19FN2O. The smallest absolute Gasteiger partial charge is 0.137 e. The number of pyridine rings is 1. The molecule has 3 nitrogen and oxygen atoms in total. The SMILES string of the molecule is CCNC(c1cncc(OCC)c1)c1ccccc1F. The molecule has 20 heavy (non-hydrogen) atoms. The molecule has 0 aliphatic heterocycles. The standard InChI is InChI=1S/C16H19FN2O/c1-3-19-16(14-7-5-6-8-15(14)17)12-9-13(20-4-2)11-18-10-12/h5-11,16,19H,3-4H2,1-2H3. The minimum atomic E-state index is -0.228. The third-order valence-electron chi connectivity index (χ3n) is 3.00. The van der Waals surface area contributed by atoms with Crippen LogP contribution in [0.5, 0.6) is 5.75 Å². The molecule has 0 fully saturated rings. The van der Waals surface area contributed by atoms with Crippen molar-refractivity contribution in [3.05, 3.63) is 59.7 Å². The van der Waals surface area contributed by atoms with Gasteiger partial charge in [-0.1, -0.05) is 25.1 Å². The lowest BCUT2D eigenvalue weighted by atomic mass is 9.99. The molecule has 1 N–H and O–H groups in total. The number of hydrogen-bond donors (Lipinski definition) is 1. The summed E-state index contributed by atoms with van der Waals surface area (Å²) in [4.78, 5) is 4.17. The third-order valence-corrected chi connectivity index (χ3v) is 3.00. The van der Waals surface area contributed by atoms with E-state index in [0.717, 1.165) is 12.1 Å². The first kappa shape index (κ1) is 14.5. The summed E-state index contributed by atoms with van der Waals surface area (Å²) in [5, 5.41) is 3.29. The number of nitrogens with zero attached hydrogens (tertiary/aromatic N) is 1. The lowest BCUT2D eigenvalue weighted by molar-refractivity contribution is 0.338. The van der Waals surface area contributed by atoms with Gasteiger partial charge in [-0.25, -0.2) is 4.39 Å². The summed E-state index contributed by atoms with van der Waals surface area (Å²) in [6.07, 6.45) is 3.40. The second-order valence-electron chi connectivity index (χ2n) is 4.40. The highest BCUT2D eigenvalue weighted by molar-refractivity contribution is 5.34. The van der Waals surface area contributed by atoms with Crippen LogP contribution in [0.25, 0.3) is 0 Å². The Labute approximate surface area is 118 Å². The molecule has 2 rings (SSSR count). The summed E-state index contributed by atoms with van der Waals surface area (Å²) in [6, 6.07) is 8.46. The fourth-order valence-electron chi connectivity index (χ4n) is 2.16. The van der Waals surface area contributed by atoms with Crippen molar-refractivity contribution in [1.29, 1.82) is 0 Å². The molecule has 0 saturated carbocycles. The number of rotatable bonds is 6. The van der Waals surface area contributed by atoms with E-state index in [9.17, 15) is 4.39 Å². The van der Waals surface area contributed by atoms with Crippen LogP contribution in [-0.4, -0.2) is 18.1 Å². The van der Waals surface area contributed by atoms with Gasteiger partial charge >= 0.3 is 0 Å². The fraction of sp³-hybridized carbons (Fsp3) is 0.312. The highest BCUT2D eigenvalue weighted by Gasteiger charge is 2.17. The van der Waals surface area contributed by atoms with Gasteiger partial charge in [-0.15, -0.1) is 0 Å². The van der Waals surface area contributed by atoms with Gasteiger partial charge < -0.3 is 10.1 Å². The summed E-state index contributed by atoms with van der Waals surface area (Å²) in [5.74, 6) is 0.476. The van der Waals surface area contributed by atoms with Gasteiger partial charge in [0.1, 0.15) is 11.6 Å². The van der Waals surface area contributed by atoms with Gasteiger partial charge in [0.2, 0.25) is 0 Å². The lowest BCUT2D eigenvalue weighted by Crippen LogP contribution is -2.23. The molecule has 1 unspecified atom stereocenters. The van der Waals surface area contributed by atoms with Crippen LogP contribution >= 0.6 is 0 Å². The van der Waals surface area contributed by atoms with Gasteiger partial charge in [0.05, 0.1) is 18.8 Å². The monoisotopic (exact) mass is 274 g/mol. The van der Waals surface area contributed by atoms with E-state index in [1.807, 2.05) is 26.0 Å². The van der Waals surface area contributed by atoms with Crippen LogP contribution in [0.3, 0.4) is 0 Å². The molecule has 0 bridgehead atoms. The summed E-state index contributed by atoms with van der Waals surface area (Å²) < 4.78 is 19.5. The van der Waals surface area contributed by atoms with Crippen molar-refractivity contribution in [2.24, 2.45) is 0 Å². The van der Waals surface area contributed by atoms with Gasteiger partial charge in [-0.3, -0.25) is 4.98 Å². The predicted octanol–water partition coefficient (Wildman–Crippen LogP) is 3.32. The van der Waals surface area contributed by atoms with Gasteiger partial charge in [0.25, 0.3) is 0 Å². The van der Waals surface area contributed by atoms with Crippen molar-refractivity contribution in [2.75, 3.05) is 13.2 Å². The minimum absolute atomic E-state index is 0.222. The zero-order valence-corrected chi connectivity index (χ0v) is 11.8. The molecule has 0 amide bonds. The molecule has 1 atom stereocenters. The molecule has 0 aliphatic carbocycles. The van der Waals surface area contributed by atoms with E-state index >= 15 is 0 Å². The number of hydrogen-bond acceptors (Lipinski definition) is 3. The van der Waals surface area contributed by atoms with Gasteiger partial charge in [0, 0.05) is 11.8 Å². The topological polar surface area (TPSA) is 34.2 Å². The second kappa shape index (κ2) is 7.01. The van der Waals surface area contributed by atoms with Crippen LogP contribution in [0.2, 0.25) is 0 Å². The molecule has 0 saturated heterocycles. The van der Waals surface area contributed by atoms with Crippen LogP contribution in [0.4, 0.5) is 4.39 Å². The molecule has 4 heteroatoms. The predicted molar refractivity (Wildman–Crippen MR) is 77.3 cm³/mol. The highest BCUT2D eigenvalue weighted by atomic mass is 19.1. The Morgan fingerprint density at radius 3 is 2.75 bits per heavy atom. The Hall–Kier alpha value is -1.94. The van der Waals surface area contributed by atoms with E-state index in [4.69, 9.17) is 4.74 Å². The fourth-order valence-corrected chi connectivity index (χ4v) is 2.16. The zero-order chi connectivity index (χ0) is 14.4. The molecule has 1 heterocycles. The normalized spacial score (nSPS) is 12.2. The van der Waals surface area contributed by atoms with E-state index < -0.39 is 0 Å². The molecule has 106 valence electrons. The molecule has 0 radical (unpaired) electrons. The average Bonchev–Trinajstić information content (AvgIpc) is 2.46. The van der Waals surface area contributed by atoms with E-state index in [1.165, 1.54) is 6.07 Å². The number of benzene rings is 1. The molecule has 1 aromatic heterocycles. The number of halogens is 1. The Morgan fingerprint density at radius 2 is 2.05 bits per heavy atom. The number of ether oxygens (including phenoxy) is 1. The Balaban J connectivity index is 2.38. The van der Waals surface area contributed by atoms with Crippen molar-refractivity contribution in [2.45, 2.75) is 19.9 Å². The second-order valence-corrected chi connectivity index (χ2v) is 4.40. The molecule has 0 spiro atoms. The lowest BCUT2D eigenvalue weighted by Gasteiger charge is -2.19. The number of nitrogens with one attached hydrogen (secondary N) is 1. The van der Waals surface area contributed by atoms with Crippen LogP contribution in [0.1, 0.15) is 31.0 Å². The van der Waals surface area contributed by atoms with Gasteiger partial charge in [0.15, 0.2) is 0 Å². The van der Waals surface area contributed by atoms with Crippen LogP contribution < -0.4 is 10.1 Å². The van der Waals surface area contributed by atoms with E-state index in [-0.39, 0.29) is 11.9 Å². The first-order chi connectivity index (χ1) is 9.76. The summed E-state index contributed by atoms with van der Waals surface area (Å²) in [7, 11) is 0. The number of aromatic nitrogens is 1. The van der Waals surface area contributed by atoms with E-state index in [1.54, 1.807) is 24.5 Å². The third kappa shape index (κ3) is 3.33. The Morgan fingerprint density at radius 1 is 1.25 bits per heavy atom. The summed E-state index contributed by atoms with van der Waals surface area (Å²) >= 11 is 0. The maximum atomic E-state index is 14.0. The Kier molecular flexibility index (Phi) is 5.07. The van der Waals surface area contributed by atoms with Crippen molar-refractivity contribution < 1.29 is 9.13 Å². The molecule has 2 aromatic rings. The van der Waals surface area contributed by atoms with Crippen LogP contribution in [0, 0.1) is 5.82 Å². The van der Waals surface area contributed by atoms with Crippen LogP contribution in [-0.2, 0) is 0 Å². The first-order valence-electron chi connectivity index (χ1n) is 6.81. The molecule has 1 aromatic carbocycles. The molecule has 0 aliphatic rings. The Bertz CT molecular complexity index is 560. The zero-order valence-electron chi connectivity index (χ0n) is 11.8. The maximum Gasteiger partial charge on any atom is 0.137 e. The van der Waals surface area contributed by atoms with Gasteiger partial charge in [-0.2, -0.15) is 0 Å². The minimum Gasteiger partial charge on any atom is -0.492 e. The largest absolute Gasteiger partial charge is 0.492 e. The van der Waals surface area contributed by atoms with Crippen molar-refractivity contribution in [1.82, 2.24) is 10.3 Å². The van der Waals surface area contributed by atoms with Crippen molar-refractivity contribution in [3.63, 3.8) is 0 Å². The van der Waals surface area contributed by atoms with Gasteiger partial charge in [-0.05, 0) is 31.2 Å². The molecular weight excluding hydrogens is 255 g/mol. The summed E-state index contributed by atoms with van der Waals surface area (Å²) in [5.41, 5.74) is 1.51. The van der Waals surface area contributed by atoms with Crippen LogP contribution in [0.15, 0.2) is 42.7 Å². The van der Waals surface area contributed by atoms with E-state index in [2.05, 4.69) is 10.3 Å². The average molecular weight is 274 g/mol. The van der Waals surface area contributed by atoms with E-state index in [0.29, 0.717) is 17.9 Å². The maximum absolute atomic E-state index is 14.0. The highest BCUT2D eigenvalue weighted by Crippen LogP contribution is 2.26. The quantitative estimate of drug-likeness (QED) is 0.877.